The molecule has 1 aromatic heterocycles. The summed E-state index contributed by atoms with van der Waals surface area (Å²) in [5.41, 5.74) is -2.02. The number of alkyl halides is 6. The molecule has 0 aliphatic carbocycles. The molecule has 3 rings (SSSR count). The van der Waals surface area contributed by atoms with E-state index in [0.29, 0.717) is 5.52 Å². The van der Waals surface area contributed by atoms with Crippen LogP contribution in [-0.2, 0) is 18.9 Å². The Hall–Kier alpha value is -2.44. The zero-order valence-corrected chi connectivity index (χ0v) is 12.0. The molecule has 0 aliphatic heterocycles. The molecule has 24 heavy (non-hydrogen) atoms. The predicted octanol–water partition coefficient (Wildman–Crippen LogP) is 5.53. The lowest BCUT2D eigenvalue weighted by Gasteiger charge is -2.15. The first-order valence-electron chi connectivity index (χ1n) is 6.88. The molecule has 0 atom stereocenters. The Balaban J connectivity index is 2.07. The van der Waals surface area contributed by atoms with Crippen molar-refractivity contribution in [1.82, 2.24) is 4.57 Å². The fourth-order valence-electron chi connectivity index (χ4n) is 2.50. The monoisotopic (exact) mass is 342 g/mol. The maximum absolute atomic E-state index is 12.9. The molecule has 0 amide bonds. The molecule has 1 heterocycles. The van der Waals surface area contributed by atoms with Crippen LogP contribution in [0.2, 0.25) is 0 Å². The van der Waals surface area contributed by atoms with Crippen LogP contribution in [0.5, 0.6) is 0 Å². The van der Waals surface area contributed by atoms with E-state index in [1.165, 1.54) is 6.20 Å². The number of para-hydroxylation sites is 1. The number of hydrogen-bond donors (Lipinski definition) is 0. The van der Waals surface area contributed by atoms with Crippen LogP contribution in [0.1, 0.15) is 16.7 Å². The summed E-state index contributed by atoms with van der Waals surface area (Å²) in [5, 5.41) is 0.737. The molecule has 2 aromatic carbocycles. The van der Waals surface area contributed by atoms with E-state index >= 15 is 0 Å². The van der Waals surface area contributed by atoms with Gasteiger partial charge in [0.1, 0.15) is 0 Å². The summed E-state index contributed by atoms with van der Waals surface area (Å²) in [7, 11) is 0. The van der Waals surface area contributed by atoms with Crippen molar-refractivity contribution in [3.05, 3.63) is 71.4 Å². The molecular weight excluding hydrogens is 332 g/mol. The fourth-order valence-corrected chi connectivity index (χ4v) is 2.50. The molecule has 1 nitrogen and oxygen atoms in total. The summed E-state index contributed by atoms with van der Waals surface area (Å²) in [6.07, 6.45) is -8.18. The van der Waals surface area contributed by atoms with E-state index in [9.17, 15) is 26.3 Å². The van der Waals surface area contributed by atoms with Crippen molar-refractivity contribution in [2.75, 3.05) is 0 Å². The van der Waals surface area contributed by atoms with Crippen LogP contribution in [0, 0.1) is 6.07 Å². The lowest BCUT2D eigenvalue weighted by atomic mass is 10.0. The third kappa shape index (κ3) is 3.25. The van der Waals surface area contributed by atoms with E-state index in [1.807, 2.05) is 0 Å². The minimum absolute atomic E-state index is 0.0769. The van der Waals surface area contributed by atoms with Gasteiger partial charge in [-0.25, -0.2) is 0 Å². The highest BCUT2D eigenvalue weighted by atomic mass is 19.4. The minimum atomic E-state index is -4.85. The van der Waals surface area contributed by atoms with E-state index < -0.39 is 23.5 Å². The largest absolute Gasteiger partial charge is 0.416 e. The summed E-state index contributed by atoms with van der Waals surface area (Å²) in [6, 6.07) is 11.5. The summed E-state index contributed by atoms with van der Waals surface area (Å²) in [5.74, 6) is 0. The van der Waals surface area contributed by atoms with Crippen LogP contribution in [0.25, 0.3) is 10.9 Å². The molecular formula is C17H10F6N. The Kier molecular flexibility index (Phi) is 3.81. The average molecular weight is 342 g/mol. The molecule has 125 valence electrons. The zero-order chi connectivity index (χ0) is 17.5. The van der Waals surface area contributed by atoms with Crippen LogP contribution < -0.4 is 0 Å². The first-order chi connectivity index (χ1) is 11.1. The van der Waals surface area contributed by atoms with Gasteiger partial charge in [0, 0.05) is 29.7 Å². The smallest absolute Gasteiger partial charge is 0.342 e. The maximum Gasteiger partial charge on any atom is 0.416 e. The maximum atomic E-state index is 12.9. The molecule has 0 fully saturated rings. The number of fused-ring (bicyclic) bond motifs is 1. The highest BCUT2D eigenvalue weighted by Crippen LogP contribution is 2.36. The molecule has 0 saturated carbocycles. The van der Waals surface area contributed by atoms with Crippen molar-refractivity contribution in [1.29, 1.82) is 0 Å². The van der Waals surface area contributed by atoms with Gasteiger partial charge in [0.25, 0.3) is 0 Å². The zero-order valence-electron chi connectivity index (χ0n) is 12.0. The Bertz CT molecular complexity index is 840. The van der Waals surface area contributed by atoms with E-state index in [4.69, 9.17) is 0 Å². The molecule has 3 aromatic rings. The molecule has 0 bridgehead atoms. The molecule has 0 saturated heterocycles. The quantitative estimate of drug-likeness (QED) is 0.540. The highest BCUT2D eigenvalue weighted by molar-refractivity contribution is 5.79. The Morgan fingerprint density at radius 3 is 2.00 bits per heavy atom. The van der Waals surface area contributed by atoms with Gasteiger partial charge in [-0.3, -0.25) is 0 Å². The summed E-state index contributed by atoms with van der Waals surface area (Å²) in [4.78, 5) is 0. The predicted molar refractivity (Wildman–Crippen MR) is 76.3 cm³/mol. The van der Waals surface area contributed by atoms with Gasteiger partial charge in [-0.05, 0) is 29.8 Å². The highest BCUT2D eigenvalue weighted by Gasteiger charge is 2.36. The average Bonchev–Trinajstić information content (AvgIpc) is 2.89. The van der Waals surface area contributed by atoms with Gasteiger partial charge >= 0.3 is 12.4 Å². The second kappa shape index (κ2) is 5.58. The normalized spacial score (nSPS) is 12.8. The van der Waals surface area contributed by atoms with Crippen molar-refractivity contribution in [2.24, 2.45) is 0 Å². The molecule has 1 radical (unpaired) electrons. The second-order valence-electron chi connectivity index (χ2n) is 5.33. The van der Waals surface area contributed by atoms with Crippen LogP contribution in [-0.4, -0.2) is 4.57 Å². The van der Waals surface area contributed by atoms with E-state index in [1.54, 1.807) is 28.8 Å². The van der Waals surface area contributed by atoms with E-state index in [2.05, 4.69) is 6.07 Å². The van der Waals surface area contributed by atoms with Gasteiger partial charge in [-0.1, -0.05) is 18.2 Å². The van der Waals surface area contributed by atoms with Crippen LogP contribution in [0.15, 0.2) is 48.7 Å². The number of halogens is 6. The lowest BCUT2D eigenvalue weighted by Crippen LogP contribution is -2.12. The Morgan fingerprint density at radius 1 is 0.833 bits per heavy atom. The van der Waals surface area contributed by atoms with Gasteiger partial charge in [0.15, 0.2) is 0 Å². The van der Waals surface area contributed by atoms with Crippen LogP contribution >= 0.6 is 0 Å². The topological polar surface area (TPSA) is 4.93 Å². The minimum Gasteiger partial charge on any atom is -0.342 e. The van der Waals surface area contributed by atoms with Crippen molar-refractivity contribution in [3.63, 3.8) is 0 Å². The molecule has 7 heteroatoms. The van der Waals surface area contributed by atoms with Crippen LogP contribution in [0.3, 0.4) is 0 Å². The Labute approximate surface area is 133 Å². The van der Waals surface area contributed by atoms with E-state index in [-0.39, 0.29) is 18.2 Å². The van der Waals surface area contributed by atoms with Crippen molar-refractivity contribution < 1.29 is 26.3 Å². The molecule has 0 unspecified atom stereocenters. The number of aromatic nitrogens is 1. The second-order valence-corrected chi connectivity index (χ2v) is 5.33. The first kappa shape index (κ1) is 16.4. The number of benzene rings is 2. The van der Waals surface area contributed by atoms with Gasteiger partial charge in [-0.2, -0.15) is 26.3 Å². The third-order valence-corrected chi connectivity index (χ3v) is 3.59. The van der Waals surface area contributed by atoms with Gasteiger partial charge < -0.3 is 4.57 Å². The number of hydrogen-bond acceptors (Lipinski definition) is 0. The summed E-state index contributed by atoms with van der Waals surface area (Å²) in [6.45, 7) is -0.114. The van der Waals surface area contributed by atoms with Crippen LogP contribution in [0.4, 0.5) is 26.3 Å². The summed E-state index contributed by atoms with van der Waals surface area (Å²) >= 11 is 0. The van der Waals surface area contributed by atoms with Gasteiger partial charge in [0.05, 0.1) is 11.1 Å². The van der Waals surface area contributed by atoms with Crippen molar-refractivity contribution in [2.45, 2.75) is 18.9 Å². The first-order valence-corrected chi connectivity index (χ1v) is 6.88. The standard InChI is InChI=1S/C17H10F6N/c18-16(19,20)13-7-11(8-14(9-13)17(21,22)23)10-24-6-5-12-3-1-2-4-15(12)24/h1-4,6-9H,10H2. The molecule has 0 aliphatic rings. The van der Waals surface area contributed by atoms with Gasteiger partial charge in [0.2, 0.25) is 0 Å². The number of nitrogens with zero attached hydrogens (tertiary/aromatic N) is 1. The fraction of sp³-hybridized carbons (Fsp3) is 0.176. The third-order valence-electron chi connectivity index (χ3n) is 3.59. The SMILES string of the molecule is FC(F)(F)c1cc(Cn2c[c]c3ccccc32)cc(C(F)(F)F)c1. The van der Waals surface area contributed by atoms with E-state index in [0.717, 1.165) is 17.5 Å². The van der Waals surface area contributed by atoms with Crippen molar-refractivity contribution >= 4 is 10.9 Å². The Morgan fingerprint density at radius 2 is 1.42 bits per heavy atom. The summed E-state index contributed by atoms with van der Waals surface area (Å²) < 4.78 is 78.9. The van der Waals surface area contributed by atoms with Gasteiger partial charge in [-0.15, -0.1) is 0 Å². The molecule has 0 spiro atoms. The number of rotatable bonds is 2. The molecule has 0 N–H and O–H groups in total. The van der Waals surface area contributed by atoms with Crippen molar-refractivity contribution in [3.8, 4) is 0 Å². The lowest BCUT2D eigenvalue weighted by molar-refractivity contribution is -0.143.